The van der Waals surface area contributed by atoms with Crippen molar-refractivity contribution >= 4 is 6.08 Å². The summed E-state index contributed by atoms with van der Waals surface area (Å²) < 4.78 is 5.94. The number of aryl methyl sites for hydroxylation is 1. The lowest BCUT2D eigenvalue weighted by atomic mass is 10.0. The Morgan fingerprint density at radius 3 is 2.84 bits per heavy atom. The predicted octanol–water partition coefficient (Wildman–Crippen LogP) is 3.68. The van der Waals surface area contributed by atoms with E-state index in [4.69, 9.17) is 4.74 Å². The van der Waals surface area contributed by atoms with Gasteiger partial charge in [0.15, 0.2) is 0 Å². The second kappa shape index (κ2) is 7.95. The van der Waals surface area contributed by atoms with E-state index in [9.17, 15) is 0 Å². The van der Waals surface area contributed by atoms with Crippen LogP contribution in [0.1, 0.15) is 39.7 Å². The molecule has 1 aliphatic rings. The Kier molecular flexibility index (Phi) is 6.57. The molecule has 0 saturated carbocycles. The third kappa shape index (κ3) is 4.35. The molecule has 2 unspecified atom stereocenters. The number of rotatable bonds is 4. The van der Waals surface area contributed by atoms with E-state index >= 15 is 0 Å². The van der Waals surface area contributed by atoms with Crippen LogP contribution in [0.5, 0.6) is 5.88 Å². The van der Waals surface area contributed by atoms with Crippen molar-refractivity contribution in [2.75, 3.05) is 13.1 Å². The molecule has 3 heteroatoms. The van der Waals surface area contributed by atoms with Crippen LogP contribution < -0.4 is 10.1 Å². The molecule has 1 fully saturated rings. The lowest BCUT2D eigenvalue weighted by molar-refractivity contribution is 0.153. The normalized spacial score (nSPS) is 19.3. The number of nitrogens with one attached hydrogen (secondary N) is 1. The highest BCUT2D eigenvalue weighted by molar-refractivity contribution is 5.48. The Hall–Kier alpha value is -1.35. The Morgan fingerprint density at radius 2 is 2.32 bits per heavy atom. The van der Waals surface area contributed by atoms with Gasteiger partial charge in [-0.3, -0.25) is 0 Å². The summed E-state index contributed by atoms with van der Waals surface area (Å²) in [6, 6.07) is 2.05. The van der Waals surface area contributed by atoms with Crippen molar-refractivity contribution in [2.45, 2.75) is 40.2 Å². The Labute approximate surface area is 118 Å². The number of ether oxygens (including phenoxy) is 1. The molecule has 0 aromatic carbocycles. The molecule has 2 heterocycles. The maximum absolute atomic E-state index is 5.94. The summed E-state index contributed by atoms with van der Waals surface area (Å²) >= 11 is 0. The van der Waals surface area contributed by atoms with E-state index in [1.54, 1.807) is 12.3 Å². The highest BCUT2D eigenvalue weighted by atomic mass is 16.5. The van der Waals surface area contributed by atoms with Gasteiger partial charge < -0.3 is 10.1 Å². The third-order valence-electron chi connectivity index (χ3n) is 3.35. The van der Waals surface area contributed by atoms with E-state index in [1.165, 1.54) is 6.42 Å². The van der Waals surface area contributed by atoms with E-state index in [0.717, 1.165) is 30.1 Å². The van der Waals surface area contributed by atoms with Crippen molar-refractivity contribution in [1.29, 1.82) is 0 Å². The summed E-state index contributed by atoms with van der Waals surface area (Å²) in [6.45, 7) is 14.0. The smallest absolute Gasteiger partial charge is 0.216 e. The van der Waals surface area contributed by atoms with Crippen molar-refractivity contribution < 1.29 is 6.16 Å². The Morgan fingerprint density at radius 1 is 1.58 bits per heavy atom. The number of hydrogen-bond acceptors (Lipinski definition) is 3. The first-order chi connectivity index (χ1) is 9.20. The van der Waals surface area contributed by atoms with Crippen LogP contribution in [-0.4, -0.2) is 24.2 Å². The van der Waals surface area contributed by atoms with Crippen LogP contribution in [0.15, 0.2) is 18.8 Å². The largest absolute Gasteiger partial charge is 0.474 e. The quantitative estimate of drug-likeness (QED) is 0.900. The maximum Gasteiger partial charge on any atom is 0.216 e. The molecular formula is C16H28N2O. The average molecular weight is 264 g/mol. The Bertz CT molecular complexity index is 403. The fraction of sp³-hybridized carbons (Fsp3) is 0.562. The molecule has 19 heavy (non-hydrogen) atoms. The molecular weight excluding hydrogens is 236 g/mol. The summed E-state index contributed by atoms with van der Waals surface area (Å²) in [7, 11) is 0. The predicted molar refractivity (Wildman–Crippen MR) is 83.6 cm³/mol. The van der Waals surface area contributed by atoms with Crippen molar-refractivity contribution in [3.05, 3.63) is 30.0 Å². The second-order valence-corrected chi connectivity index (χ2v) is 4.67. The number of aromatic nitrogens is 1. The Balaban J connectivity index is 0.00000115. The minimum atomic E-state index is 0. The lowest BCUT2D eigenvalue weighted by Crippen LogP contribution is -2.26. The van der Waals surface area contributed by atoms with Crippen LogP contribution in [0, 0.1) is 12.8 Å². The molecule has 0 radical (unpaired) electrons. The van der Waals surface area contributed by atoms with Gasteiger partial charge in [0.25, 0.3) is 0 Å². The van der Waals surface area contributed by atoms with E-state index in [2.05, 4.69) is 29.9 Å². The molecule has 2 rings (SSSR count). The van der Waals surface area contributed by atoms with Gasteiger partial charge in [0.05, 0.1) is 0 Å². The zero-order valence-electron chi connectivity index (χ0n) is 12.6. The van der Waals surface area contributed by atoms with Crippen molar-refractivity contribution in [2.24, 2.45) is 5.92 Å². The minimum absolute atomic E-state index is 0. The summed E-state index contributed by atoms with van der Waals surface area (Å²) in [5.74, 6) is 1.34. The summed E-state index contributed by atoms with van der Waals surface area (Å²) in [6.07, 6.45) is 5.00. The maximum atomic E-state index is 5.94. The standard InChI is InChI=1S/C14H20N2O.C2H6.H2/c1-4-12-7-10(2)14(16-8-12)17-11(3)13-5-6-15-9-13;1-2;/h4,7-8,11,13,15H,1,5-6,9H2,2-3H3;1-2H3;1H. The first-order valence-electron chi connectivity index (χ1n) is 7.17. The van der Waals surface area contributed by atoms with Crippen molar-refractivity contribution in [1.82, 2.24) is 10.3 Å². The zero-order chi connectivity index (χ0) is 14.3. The summed E-state index contributed by atoms with van der Waals surface area (Å²) in [4.78, 5) is 4.35. The van der Waals surface area contributed by atoms with E-state index in [0.29, 0.717) is 5.92 Å². The van der Waals surface area contributed by atoms with Crippen LogP contribution in [0.25, 0.3) is 6.08 Å². The van der Waals surface area contributed by atoms with Gasteiger partial charge in [-0.1, -0.05) is 26.5 Å². The molecule has 1 saturated heterocycles. The molecule has 1 N–H and O–H groups in total. The number of nitrogens with zero attached hydrogens (tertiary/aromatic N) is 1. The van der Waals surface area contributed by atoms with Gasteiger partial charge in [0.1, 0.15) is 6.10 Å². The zero-order valence-corrected chi connectivity index (χ0v) is 12.6. The molecule has 1 aliphatic heterocycles. The van der Waals surface area contributed by atoms with Crippen LogP contribution in [0.2, 0.25) is 0 Å². The highest BCUT2D eigenvalue weighted by Crippen LogP contribution is 2.21. The molecule has 0 amide bonds. The molecule has 0 bridgehead atoms. The molecule has 108 valence electrons. The molecule has 1 aromatic rings. The fourth-order valence-electron chi connectivity index (χ4n) is 2.17. The monoisotopic (exact) mass is 264 g/mol. The summed E-state index contributed by atoms with van der Waals surface area (Å²) in [5.41, 5.74) is 2.10. The van der Waals surface area contributed by atoms with E-state index < -0.39 is 0 Å². The van der Waals surface area contributed by atoms with E-state index in [-0.39, 0.29) is 7.53 Å². The molecule has 1 aromatic heterocycles. The van der Waals surface area contributed by atoms with Gasteiger partial charge >= 0.3 is 0 Å². The molecule has 0 aliphatic carbocycles. The second-order valence-electron chi connectivity index (χ2n) is 4.67. The van der Waals surface area contributed by atoms with Crippen molar-refractivity contribution in [3.8, 4) is 5.88 Å². The molecule has 0 spiro atoms. The first kappa shape index (κ1) is 15.7. The molecule has 2 atom stereocenters. The van der Waals surface area contributed by atoms with Crippen molar-refractivity contribution in [3.63, 3.8) is 0 Å². The topological polar surface area (TPSA) is 34.1 Å². The minimum Gasteiger partial charge on any atom is -0.474 e. The molecule has 3 nitrogen and oxygen atoms in total. The lowest BCUT2D eigenvalue weighted by Gasteiger charge is -2.20. The van der Waals surface area contributed by atoms with Crippen LogP contribution >= 0.6 is 0 Å². The number of pyridine rings is 1. The highest BCUT2D eigenvalue weighted by Gasteiger charge is 2.23. The van der Waals surface area contributed by atoms with Gasteiger partial charge in [0.2, 0.25) is 5.88 Å². The fourth-order valence-corrected chi connectivity index (χ4v) is 2.17. The SMILES string of the molecule is C=Cc1cnc(OC(C)C2CCNC2)c(C)c1.CC.[HH]. The van der Waals surface area contributed by atoms with Crippen LogP contribution in [0.3, 0.4) is 0 Å². The third-order valence-corrected chi connectivity index (χ3v) is 3.35. The van der Waals surface area contributed by atoms with Gasteiger partial charge in [-0.2, -0.15) is 0 Å². The van der Waals surface area contributed by atoms with Gasteiger partial charge in [0, 0.05) is 25.6 Å². The van der Waals surface area contributed by atoms with Gasteiger partial charge in [-0.25, -0.2) is 4.98 Å². The number of hydrogen-bond donors (Lipinski definition) is 1. The summed E-state index contributed by atoms with van der Waals surface area (Å²) in [5, 5.41) is 3.36. The van der Waals surface area contributed by atoms with Gasteiger partial charge in [-0.05, 0) is 38.4 Å². The van der Waals surface area contributed by atoms with Crippen LogP contribution in [-0.2, 0) is 0 Å². The van der Waals surface area contributed by atoms with Crippen LogP contribution in [0.4, 0.5) is 0 Å². The average Bonchev–Trinajstić information content (AvgIpc) is 2.97. The first-order valence-corrected chi connectivity index (χ1v) is 7.17. The van der Waals surface area contributed by atoms with E-state index in [1.807, 2.05) is 20.8 Å². The van der Waals surface area contributed by atoms with Gasteiger partial charge in [-0.15, -0.1) is 0 Å².